The molecule has 0 N–H and O–H groups in total. The highest BCUT2D eigenvalue weighted by Gasteiger charge is 2.24. The lowest BCUT2D eigenvalue weighted by Gasteiger charge is -2.23. The smallest absolute Gasteiger partial charge is 0.0351 e. The molecule has 0 aliphatic carbocycles. The minimum absolute atomic E-state index is 0.594. The Kier molecular flexibility index (Phi) is 3.60. The lowest BCUT2D eigenvalue weighted by molar-refractivity contribution is 0.286. The Hall–Kier alpha value is -0.600. The summed E-state index contributed by atoms with van der Waals surface area (Å²) in [5.74, 6) is 0. The maximum absolute atomic E-state index is 3.82. The highest BCUT2D eigenvalue weighted by molar-refractivity contribution is 9.10. The molecular weight excluding hydrogens is 250 g/mol. The van der Waals surface area contributed by atoms with Gasteiger partial charge in [0.25, 0.3) is 0 Å². The van der Waals surface area contributed by atoms with Crippen LogP contribution >= 0.6 is 15.9 Å². The van der Waals surface area contributed by atoms with Crippen molar-refractivity contribution >= 4 is 15.9 Å². The van der Waals surface area contributed by atoms with E-state index in [1.165, 1.54) is 24.9 Å². The molecule has 1 heterocycles. The molecule has 1 saturated heterocycles. The van der Waals surface area contributed by atoms with Crippen molar-refractivity contribution in [1.29, 1.82) is 0 Å². The maximum atomic E-state index is 3.82. The summed E-state index contributed by atoms with van der Waals surface area (Å²) < 4.78 is 1.15. The summed E-state index contributed by atoms with van der Waals surface area (Å²) in [6.45, 7) is 6.02. The molecular formula is C13H16BrN. The normalized spacial score (nSPS) is 21.8. The third-order valence-electron chi connectivity index (χ3n) is 2.98. The van der Waals surface area contributed by atoms with E-state index in [2.05, 4.69) is 51.7 Å². The molecule has 1 aliphatic rings. The van der Waals surface area contributed by atoms with Gasteiger partial charge in [-0.15, -0.1) is 6.58 Å². The summed E-state index contributed by atoms with van der Waals surface area (Å²) in [5, 5.41) is 0. The van der Waals surface area contributed by atoms with Crippen LogP contribution in [0.2, 0.25) is 0 Å². The topological polar surface area (TPSA) is 3.24 Å². The molecule has 2 rings (SSSR count). The fourth-order valence-corrected chi connectivity index (χ4v) is 2.54. The molecule has 1 aromatic rings. The Bertz CT molecular complexity index is 331. The Labute approximate surface area is 99.9 Å². The van der Waals surface area contributed by atoms with E-state index in [1.54, 1.807) is 0 Å². The SMILES string of the molecule is C=CCN1CCCC1c1ccc(Br)cc1. The van der Waals surface area contributed by atoms with Crippen LogP contribution in [0.3, 0.4) is 0 Å². The second-order valence-corrected chi connectivity index (χ2v) is 4.91. The fourth-order valence-electron chi connectivity index (χ4n) is 2.27. The number of halogens is 1. The molecule has 15 heavy (non-hydrogen) atoms. The molecule has 0 amide bonds. The van der Waals surface area contributed by atoms with Crippen LogP contribution in [0, 0.1) is 0 Å². The monoisotopic (exact) mass is 265 g/mol. The van der Waals surface area contributed by atoms with Gasteiger partial charge in [0, 0.05) is 17.1 Å². The lowest BCUT2D eigenvalue weighted by atomic mass is 10.0. The van der Waals surface area contributed by atoms with Gasteiger partial charge < -0.3 is 0 Å². The van der Waals surface area contributed by atoms with Crippen molar-refractivity contribution in [3.8, 4) is 0 Å². The first-order valence-corrected chi connectivity index (χ1v) is 6.21. The van der Waals surface area contributed by atoms with Gasteiger partial charge in [-0.1, -0.05) is 34.1 Å². The highest BCUT2D eigenvalue weighted by atomic mass is 79.9. The Morgan fingerprint density at radius 3 is 2.80 bits per heavy atom. The minimum atomic E-state index is 0.594. The van der Waals surface area contributed by atoms with Crippen LogP contribution in [0.15, 0.2) is 41.4 Å². The number of hydrogen-bond donors (Lipinski definition) is 0. The summed E-state index contributed by atoms with van der Waals surface area (Å²) in [7, 11) is 0. The zero-order valence-corrected chi connectivity index (χ0v) is 10.4. The number of hydrogen-bond acceptors (Lipinski definition) is 1. The van der Waals surface area contributed by atoms with Crippen LogP contribution in [-0.4, -0.2) is 18.0 Å². The van der Waals surface area contributed by atoms with Crippen molar-refractivity contribution in [2.75, 3.05) is 13.1 Å². The van der Waals surface area contributed by atoms with Crippen LogP contribution in [0.4, 0.5) is 0 Å². The number of nitrogens with zero attached hydrogens (tertiary/aromatic N) is 1. The summed E-state index contributed by atoms with van der Waals surface area (Å²) in [4.78, 5) is 2.50. The highest BCUT2D eigenvalue weighted by Crippen LogP contribution is 2.31. The van der Waals surface area contributed by atoms with E-state index >= 15 is 0 Å². The number of benzene rings is 1. The van der Waals surface area contributed by atoms with Crippen LogP contribution < -0.4 is 0 Å². The van der Waals surface area contributed by atoms with Crippen molar-refractivity contribution in [2.45, 2.75) is 18.9 Å². The van der Waals surface area contributed by atoms with Crippen LogP contribution in [-0.2, 0) is 0 Å². The molecule has 2 heteroatoms. The molecule has 1 aromatic carbocycles. The summed E-state index contributed by atoms with van der Waals surface area (Å²) in [5.41, 5.74) is 1.43. The Morgan fingerprint density at radius 2 is 2.13 bits per heavy atom. The molecule has 0 aromatic heterocycles. The van der Waals surface area contributed by atoms with Gasteiger partial charge in [0.05, 0.1) is 0 Å². The van der Waals surface area contributed by atoms with Crippen molar-refractivity contribution in [2.24, 2.45) is 0 Å². The number of likely N-dealkylation sites (tertiary alicyclic amines) is 1. The predicted octanol–water partition coefficient (Wildman–Crippen LogP) is 3.77. The molecule has 80 valence electrons. The fraction of sp³-hybridized carbons (Fsp3) is 0.385. The van der Waals surface area contributed by atoms with Gasteiger partial charge in [-0.2, -0.15) is 0 Å². The molecule has 0 radical (unpaired) electrons. The standard InChI is InChI=1S/C13H16BrN/c1-2-9-15-10-3-4-13(15)11-5-7-12(14)8-6-11/h2,5-8,13H,1,3-4,9-10H2. The second kappa shape index (κ2) is 4.95. The first kappa shape index (κ1) is 10.9. The average molecular weight is 266 g/mol. The average Bonchev–Trinajstić information content (AvgIpc) is 2.68. The van der Waals surface area contributed by atoms with E-state index in [4.69, 9.17) is 0 Å². The van der Waals surface area contributed by atoms with E-state index in [1.807, 2.05) is 6.08 Å². The van der Waals surface area contributed by atoms with Crippen molar-refractivity contribution < 1.29 is 0 Å². The van der Waals surface area contributed by atoms with Gasteiger partial charge in [-0.25, -0.2) is 0 Å². The zero-order valence-electron chi connectivity index (χ0n) is 8.82. The van der Waals surface area contributed by atoms with E-state index in [0.717, 1.165) is 11.0 Å². The molecule has 1 atom stereocenters. The van der Waals surface area contributed by atoms with Gasteiger partial charge in [0.2, 0.25) is 0 Å². The van der Waals surface area contributed by atoms with E-state index in [-0.39, 0.29) is 0 Å². The first-order valence-electron chi connectivity index (χ1n) is 5.41. The molecule has 0 saturated carbocycles. The summed E-state index contributed by atoms with van der Waals surface area (Å²) in [6.07, 6.45) is 4.57. The van der Waals surface area contributed by atoms with Gasteiger partial charge in [-0.3, -0.25) is 4.90 Å². The predicted molar refractivity (Wildman–Crippen MR) is 67.9 cm³/mol. The molecule has 1 nitrogen and oxygen atoms in total. The van der Waals surface area contributed by atoms with E-state index in [9.17, 15) is 0 Å². The second-order valence-electron chi connectivity index (χ2n) is 3.99. The van der Waals surface area contributed by atoms with Gasteiger partial charge in [-0.05, 0) is 37.1 Å². The third-order valence-corrected chi connectivity index (χ3v) is 3.51. The third kappa shape index (κ3) is 2.50. The van der Waals surface area contributed by atoms with Gasteiger partial charge >= 0.3 is 0 Å². The van der Waals surface area contributed by atoms with Crippen LogP contribution in [0.25, 0.3) is 0 Å². The van der Waals surface area contributed by atoms with Crippen LogP contribution in [0.5, 0.6) is 0 Å². The molecule has 0 bridgehead atoms. The summed E-state index contributed by atoms with van der Waals surface area (Å²) in [6, 6.07) is 9.28. The molecule has 1 aliphatic heterocycles. The van der Waals surface area contributed by atoms with E-state index in [0.29, 0.717) is 6.04 Å². The minimum Gasteiger partial charge on any atom is -0.293 e. The molecule has 1 unspecified atom stereocenters. The Balaban J connectivity index is 2.15. The van der Waals surface area contributed by atoms with Gasteiger partial charge in [0.1, 0.15) is 0 Å². The molecule has 0 spiro atoms. The van der Waals surface area contributed by atoms with Crippen LogP contribution in [0.1, 0.15) is 24.4 Å². The summed E-state index contributed by atoms with van der Waals surface area (Å²) >= 11 is 3.47. The number of rotatable bonds is 3. The lowest BCUT2D eigenvalue weighted by Crippen LogP contribution is -2.23. The zero-order chi connectivity index (χ0) is 10.7. The van der Waals surface area contributed by atoms with Crippen molar-refractivity contribution in [1.82, 2.24) is 4.90 Å². The molecule has 1 fully saturated rings. The Morgan fingerprint density at radius 1 is 1.40 bits per heavy atom. The largest absolute Gasteiger partial charge is 0.293 e. The quantitative estimate of drug-likeness (QED) is 0.753. The van der Waals surface area contributed by atoms with Gasteiger partial charge in [0.15, 0.2) is 0 Å². The van der Waals surface area contributed by atoms with E-state index < -0.39 is 0 Å². The first-order chi connectivity index (χ1) is 7.31. The van der Waals surface area contributed by atoms with Crippen molar-refractivity contribution in [3.05, 3.63) is 47.0 Å². The maximum Gasteiger partial charge on any atom is 0.0351 e. The van der Waals surface area contributed by atoms with Crippen molar-refractivity contribution in [3.63, 3.8) is 0 Å².